The van der Waals surface area contributed by atoms with Crippen molar-refractivity contribution in [2.24, 2.45) is 7.05 Å². The summed E-state index contributed by atoms with van der Waals surface area (Å²) in [7, 11) is 6.02. The van der Waals surface area contributed by atoms with Crippen LogP contribution in [0.15, 0.2) is 30.5 Å². The van der Waals surface area contributed by atoms with Gasteiger partial charge in [-0.25, -0.2) is 0 Å². The predicted octanol–water partition coefficient (Wildman–Crippen LogP) is 1.64. The number of fused-ring (bicyclic) bond motifs is 1. The molecule has 1 N–H and O–H groups in total. The van der Waals surface area contributed by atoms with E-state index in [1.807, 2.05) is 56.2 Å². The first-order chi connectivity index (χ1) is 12.0. The molecule has 0 saturated carbocycles. The fourth-order valence-corrected chi connectivity index (χ4v) is 3.09. The van der Waals surface area contributed by atoms with Crippen molar-refractivity contribution in [3.63, 3.8) is 0 Å². The van der Waals surface area contributed by atoms with Crippen LogP contribution in [0.5, 0.6) is 0 Å². The molecule has 6 nitrogen and oxygen atoms in total. The van der Waals surface area contributed by atoms with E-state index in [0.29, 0.717) is 25.4 Å². The van der Waals surface area contributed by atoms with Gasteiger partial charge in [-0.2, -0.15) is 0 Å². The monoisotopic (exact) mass is 345 g/mol. The van der Waals surface area contributed by atoms with Crippen molar-refractivity contribution in [2.45, 2.75) is 18.6 Å². The van der Waals surface area contributed by atoms with Gasteiger partial charge in [0, 0.05) is 37.5 Å². The van der Waals surface area contributed by atoms with Crippen LogP contribution in [0.25, 0.3) is 10.9 Å². The second-order valence-electron chi connectivity index (χ2n) is 6.86. The zero-order valence-corrected chi connectivity index (χ0v) is 15.2. The van der Waals surface area contributed by atoms with Crippen LogP contribution in [0.3, 0.4) is 0 Å². The Balaban J connectivity index is 1.65. The number of nitrogens with one attached hydrogen (secondary N) is 1. The molecule has 2 atom stereocenters. The van der Waals surface area contributed by atoms with Crippen LogP contribution in [0.4, 0.5) is 0 Å². The molecule has 3 rings (SSSR count). The lowest BCUT2D eigenvalue weighted by molar-refractivity contribution is -0.0561. The van der Waals surface area contributed by atoms with Gasteiger partial charge in [-0.05, 0) is 44.1 Å². The highest BCUT2D eigenvalue weighted by Gasteiger charge is 2.28. The topological polar surface area (TPSA) is 55.7 Å². The van der Waals surface area contributed by atoms with Crippen molar-refractivity contribution in [2.75, 3.05) is 40.5 Å². The average molecular weight is 345 g/mol. The Morgan fingerprint density at radius 1 is 1.40 bits per heavy atom. The lowest BCUT2D eigenvalue weighted by Crippen LogP contribution is -2.51. The van der Waals surface area contributed by atoms with Crippen molar-refractivity contribution in [1.82, 2.24) is 14.8 Å². The molecule has 0 bridgehead atoms. The van der Waals surface area contributed by atoms with Gasteiger partial charge in [-0.15, -0.1) is 0 Å². The number of hydrogen-bond donors (Lipinski definition) is 1. The van der Waals surface area contributed by atoms with Crippen LogP contribution in [-0.2, 0) is 16.5 Å². The molecule has 6 heteroatoms. The van der Waals surface area contributed by atoms with Gasteiger partial charge in [0.05, 0.1) is 25.4 Å². The normalized spacial score (nSPS) is 21.0. The van der Waals surface area contributed by atoms with E-state index in [-0.39, 0.29) is 18.1 Å². The summed E-state index contributed by atoms with van der Waals surface area (Å²) in [5, 5.41) is 4.22. The van der Waals surface area contributed by atoms with Crippen molar-refractivity contribution in [3.05, 3.63) is 36.0 Å². The molecule has 1 aliphatic rings. The highest BCUT2D eigenvalue weighted by Crippen LogP contribution is 2.18. The molecule has 0 spiro atoms. The quantitative estimate of drug-likeness (QED) is 0.865. The number of amides is 1. The maximum absolute atomic E-state index is 12.7. The Hall–Kier alpha value is -1.89. The van der Waals surface area contributed by atoms with Crippen LogP contribution in [0.2, 0.25) is 0 Å². The van der Waals surface area contributed by atoms with Gasteiger partial charge >= 0.3 is 0 Å². The van der Waals surface area contributed by atoms with E-state index >= 15 is 0 Å². The number of carbonyl (C=O) groups excluding carboxylic acids is 1. The van der Waals surface area contributed by atoms with E-state index < -0.39 is 0 Å². The zero-order valence-electron chi connectivity index (χ0n) is 15.2. The van der Waals surface area contributed by atoms with Crippen molar-refractivity contribution >= 4 is 16.8 Å². The molecule has 1 aliphatic heterocycles. The third-order valence-corrected chi connectivity index (χ3v) is 4.63. The number of aryl methyl sites for hydroxylation is 1. The number of hydrogen-bond acceptors (Lipinski definition) is 4. The molecule has 0 radical (unpaired) electrons. The number of benzene rings is 1. The Kier molecular flexibility index (Phi) is 5.73. The van der Waals surface area contributed by atoms with Crippen LogP contribution in [0, 0.1) is 0 Å². The standard InChI is InChI=1S/C19H27N3O3/c1-21(2)9-11-25-18-7-10-24-13-16(18)20-19(23)15-5-4-14-6-8-22(3)17(14)12-15/h4-6,8,12,16,18H,7,9-11,13H2,1-3H3,(H,20,23)/t16-,18+/m1/s1. The molecule has 1 fully saturated rings. The number of rotatable bonds is 6. The SMILES string of the molecule is CN(C)CCO[C@H]1CCOC[C@H]1NC(=O)c1ccc2ccn(C)c2c1. The van der Waals surface area contributed by atoms with Gasteiger partial charge in [0.15, 0.2) is 0 Å². The first-order valence-corrected chi connectivity index (χ1v) is 8.74. The van der Waals surface area contributed by atoms with Crippen molar-refractivity contribution in [3.8, 4) is 0 Å². The van der Waals surface area contributed by atoms with Gasteiger partial charge in [0.2, 0.25) is 0 Å². The molecule has 1 aromatic carbocycles. The van der Waals surface area contributed by atoms with E-state index in [1.54, 1.807) is 0 Å². The van der Waals surface area contributed by atoms with E-state index in [4.69, 9.17) is 9.47 Å². The minimum Gasteiger partial charge on any atom is -0.379 e. The van der Waals surface area contributed by atoms with E-state index in [2.05, 4.69) is 10.2 Å². The third kappa shape index (κ3) is 4.39. The number of likely N-dealkylation sites (N-methyl/N-ethyl adjacent to an activating group) is 1. The van der Waals surface area contributed by atoms with Gasteiger partial charge in [-0.3, -0.25) is 4.79 Å². The summed E-state index contributed by atoms with van der Waals surface area (Å²) < 4.78 is 13.5. The smallest absolute Gasteiger partial charge is 0.251 e. The second kappa shape index (κ2) is 7.99. The van der Waals surface area contributed by atoms with Crippen LogP contribution in [-0.4, -0.2) is 68.0 Å². The summed E-state index contributed by atoms with van der Waals surface area (Å²) in [6, 6.07) is 7.69. The molecular formula is C19H27N3O3. The highest BCUT2D eigenvalue weighted by molar-refractivity contribution is 5.98. The van der Waals surface area contributed by atoms with E-state index in [0.717, 1.165) is 23.9 Å². The van der Waals surface area contributed by atoms with E-state index in [1.165, 1.54) is 0 Å². The molecule has 2 heterocycles. The highest BCUT2D eigenvalue weighted by atomic mass is 16.5. The maximum Gasteiger partial charge on any atom is 0.251 e. The minimum atomic E-state index is -0.118. The largest absolute Gasteiger partial charge is 0.379 e. The van der Waals surface area contributed by atoms with Gasteiger partial charge in [0.25, 0.3) is 5.91 Å². The molecule has 136 valence electrons. The predicted molar refractivity (Wildman–Crippen MR) is 97.9 cm³/mol. The Morgan fingerprint density at radius 2 is 2.24 bits per heavy atom. The molecule has 1 aromatic heterocycles. The minimum absolute atomic E-state index is 0.00332. The summed E-state index contributed by atoms with van der Waals surface area (Å²) in [5.41, 5.74) is 1.71. The average Bonchev–Trinajstić information content (AvgIpc) is 2.97. The van der Waals surface area contributed by atoms with Gasteiger partial charge in [-0.1, -0.05) is 6.07 Å². The van der Waals surface area contributed by atoms with Gasteiger partial charge in [0.1, 0.15) is 0 Å². The lowest BCUT2D eigenvalue weighted by atomic mass is 10.1. The number of aromatic nitrogens is 1. The zero-order chi connectivity index (χ0) is 17.8. The number of carbonyl (C=O) groups is 1. The van der Waals surface area contributed by atoms with E-state index in [9.17, 15) is 4.79 Å². The molecule has 1 amide bonds. The van der Waals surface area contributed by atoms with Crippen LogP contribution >= 0.6 is 0 Å². The summed E-state index contributed by atoms with van der Waals surface area (Å²) in [6.45, 7) is 2.68. The summed E-state index contributed by atoms with van der Waals surface area (Å²) >= 11 is 0. The summed E-state index contributed by atoms with van der Waals surface area (Å²) in [4.78, 5) is 14.8. The first-order valence-electron chi connectivity index (χ1n) is 8.74. The molecule has 2 aromatic rings. The Labute approximate surface area is 148 Å². The number of nitrogens with zero attached hydrogens (tertiary/aromatic N) is 2. The molecule has 25 heavy (non-hydrogen) atoms. The first kappa shape index (κ1) is 17.9. The fourth-order valence-electron chi connectivity index (χ4n) is 3.09. The Morgan fingerprint density at radius 3 is 3.04 bits per heavy atom. The summed E-state index contributed by atoms with van der Waals surface area (Å²) in [6.07, 6.45) is 2.79. The van der Waals surface area contributed by atoms with Crippen molar-refractivity contribution < 1.29 is 14.3 Å². The van der Waals surface area contributed by atoms with Crippen LogP contribution in [0.1, 0.15) is 16.8 Å². The van der Waals surface area contributed by atoms with Crippen molar-refractivity contribution in [1.29, 1.82) is 0 Å². The lowest BCUT2D eigenvalue weighted by Gasteiger charge is -2.32. The number of ether oxygens (including phenoxy) is 2. The maximum atomic E-state index is 12.7. The fraction of sp³-hybridized carbons (Fsp3) is 0.526. The Bertz CT molecular complexity index is 726. The summed E-state index contributed by atoms with van der Waals surface area (Å²) in [5.74, 6) is -0.0835. The third-order valence-electron chi connectivity index (χ3n) is 4.63. The second-order valence-corrected chi connectivity index (χ2v) is 6.86. The van der Waals surface area contributed by atoms with Gasteiger partial charge < -0.3 is 24.3 Å². The molecule has 0 aliphatic carbocycles. The molecule has 1 saturated heterocycles. The molecule has 0 unspecified atom stereocenters. The molecular weight excluding hydrogens is 318 g/mol. The van der Waals surface area contributed by atoms with Crippen LogP contribution < -0.4 is 5.32 Å².